The Morgan fingerprint density at radius 2 is 1.96 bits per heavy atom. The van der Waals surface area contributed by atoms with Crippen LogP contribution in [0.2, 0.25) is 0 Å². The van der Waals surface area contributed by atoms with Gasteiger partial charge in [-0.05, 0) is 34.1 Å². The molecule has 1 aromatic heterocycles. The van der Waals surface area contributed by atoms with E-state index in [1.54, 1.807) is 20.8 Å². The maximum atomic E-state index is 11.9. The number of aromatic amines is 1. The molecule has 0 saturated carbocycles. The van der Waals surface area contributed by atoms with Gasteiger partial charge >= 0.3 is 5.97 Å². The number of H-pyrrole nitrogens is 1. The van der Waals surface area contributed by atoms with Crippen LogP contribution in [0.5, 0.6) is 0 Å². The van der Waals surface area contributed by atoms with Crippen LogP contribution in [0.25, 0.3) is 0 Å². The third-order valence-electron chi connectivity index (χ3n) is 2.80. The van der Waals surface area contributed by atoms with Gasteiger partial charge in [-0.2, -0.15) is 0 Å². The van der Waals surface area contributed by atoms with Crippen LogP contribution < -0.4 is 5.56 Å². The van der Waals surface area contributed by atoms with Crippen molar-refractivity contribution < 1.29 is 24.2 Å². The van der Waals surface area contributed by atoms with Crippen molar-refractivity contribution in [2.45, 2.75) is 52.2 Å². The molecule has 8 heteroatoms. The molecule has 0 aliphatic rings. The highest BCUT2D eigenvalue weighted by Gasteiger charge is 2.22. The van der Waals surface area contributed by atoms with E-state index in [4.69, 9.17) is 4.74 Å². The van der Waals surface area contributed by atoms with Crippen LogP contribution >= 0.6 is 0 Å². The molecule has 126 valence electrons. The number of hydrogen-bond donors (Lipinski definition) is 2. The number of Topliss-reactive ketones (excluding diaryl/α,β-unsaturated/α-hetero) is 2. The molecule has 8 nitrogen and oxygen atoms in total. The van der Waals surface area contributed by atoms with Gasteiger partial charge in [-0.1, -0.05) is 0 Å². The fraction of sp³-hybridized carbons (Fsp3) is 0.533. The number of ketones is 2. The maximum absolute atomic E-state index is 11.9. The monoisotopic (exact) mass is 324 g/mol. The molecule has 23 heavy (non-hydrogen) atoms. The van der Waals surface area contributed by atoms with Crippen molar-refractivity contribution in [1.82, 2.24) is 9.97 Å². The van der Waals surface area contributed by atoms with Crippen molar-refractivity contribution in [3.63, 3.8) is 0 Å². The van der Waals surface area contributed by atoms with E-state index in [9.17, 15) is 24.3 Å². The first-order valence-electron chi connectivity index (χ1n) is 7.05. The number of carbonyl (C=O) groups excluding carboxylic acids is 3. The summed E-state index contributed by atoms with van der Waals surface area (Å²) in [5, 5.41) is 9.35. The average Bonchev–Trinajstić information content (AvgIpc) is 2.41. The van der Waals surface area contributed by atoms with Gasteiger partial charge in [0, 0.05) is 12.6 Å². The number of aliphatic hydroxyl groups is 1. The van der Waals surface area contributed by atoms with Crippen molar-refractivity contribution >= 4 is 17.5 Å². The molecule has 0 saturated heterocycles. The third kappa shape index (κ3) is 5.74. The van der Waals surface area contributed by atoms with Gasteiger partial charge in [0.05, 0.1) is 0 Å². The summed E-state index contributed by atoms with van der Waals surface area (Å²) in [6.07, 6.45) is -0.477. The molecule has 0 unspecified atom stereocenters. The SMILES string of the molecule is CC(=O)[C@H](O)CCC(=O)c1ncc(C(=O)OC(C)(C)C)c(=O)[nH]1. The fourth-order valence-corrected chi connectivity index (χ4v) is 1.60. The highest BCUT2D eigenvalue weighted by atomic mass is 16.6. The predicted molar refractivity (Wildman–Crippen MR) is 80.3 cm³/mol. The summed E-state index contributed by atoms with van der Waals surface area (Å²) in [4.78, 5) is 52.4. The number of aliphatic hydroxyl groups excluding tert-OH is 1. The molecule has 1 rings (SSSR count). The molecule has 0 radical (unpaired) electrons. The average molecular weight is 324 g/mol. The normalized spacial score (nSPS) is 12.6. The standard InChI is InChI=1S/C15H20N2O6/c1-8(18)10(19)5-6-11(20)12-16-7-9(13(21)17-12)14(22)23-15(2,3)4/h7,10,19H,5-6H2,1-4H3,(H,16,17,21)/t10-/m1/s1. The summed E-state index contributed by atoms with van der Waals surface area (Å²) < 4.78 is 5.06. The smallest absolute Gasteiger partial charge is 0.345 e. The van der Waals surface area contributed by atoms with Crippen molar-refractivity contribution in [3.8, 4) is 0 Å². The van der Waals surface area contributed by atoms with E-state index in [0.717, 1.165) is 6.20 Å². The minimum absolute atomic E-state index is 0.0638. The number of esters is 1. The molecule has 0 aliphatic heterocycles. The van der Waals surface area contributed by atoms with Crippen LogP contribution in [0.4, 0.5) is 0 Å². The fourth-order valence-electron chi connectivity index (χ4n) is 1.60. The Morgan fingerprint density at radius 3 is 2.43 bits per heavy atom. The second-order valence-electron chi connectivity index (χ2n) is 6.06. The van der Waals surface area contributed by atoms with Gasteiger partial charge in [0.2, 0.25) is 0 Å². The van der Waals surface area contributed by atoms with Crippen molar-refractivity contribution in [2.24, 2.45) is 0 Å². The largest absolute Gasteiger partial charge is 0.456 e. The Balaban J connectivity index is 2.84. The Hall–Kier alpha value is -2.35. The van der Waals surface area contributed by atoms with E-state index in [0.29, 0.717) is 0 Å². The van der Waals surface area contributed by atoms with Crippen LogP contribution in [0.1, 0.15) is 61.5 Å². The molecule has 0 aliphatic carbocycles. The van der Waals surface area contributed by atoms with Gasteiger partial charge < -0.3 is 14.8 Å². The van der Waals surface area contributed by atoms with Crippen molar-refractivity contribution in [3.05, 3.63) is 27.9 Å². The first kappa shape index (κ1) is 18.7. The first-order valence-corrected chi connectivity index (χ1v) is 7.05. The summed E-state index contributed by atoms with van der Waals surface area (Å²) in [5.74, 6) is -2.06. The van der Waals surface area contributed by atoms with Gasteiger partial charge in [-0.25, -0.2) is 9.78 Å². The lowest BCUT2D eigenvalue weighted by Crippen LogP contribution is -2.29. The molecular weight excluding hydrogens is 304 g/mol. The number of carbonyl (C=O) groups is 3. The zero-order valence-corrected chi connectivity index (χ0v) is 13.5. The number of ether oxygens (including phenoxy) is 1. The van der Waals surface area contributed by atoms with E-state index in [2.05, 4.69) is 9.97 Å². The lowest BCUT2D eigenvalue weighted by Gasteiger charge is -2.18. The first-order chi connectivity index (χ1) is 10.5. The highest BCUT2D eigenvalue weighted by Crippen LogP contribution is 2.10. The zero-order valence-electron chi connectivity index (χ0n) is 13.5. The summed E-state index contributed by atoms with van der Waals surface area (Å²) in [7, 11) is 0. The molecule has 1 atom stereocenters. The molecule has 2 N–H and O–H groups in total. The van der Waals surface area contributed by atoms with Gasteiger partial charge in [-0.15, -0.1) is 0 Å². The lowest BCUT2D eigenvalue weighted by molar-refractivity contribution is -0.125. The van der Waals surface area contributed by atoms with E-state index >= 15 is 0 Å². The predicted octanol–water partition coefficient (Wildman–Crippen LogP) is 0.638. The highest BCUT2D eigenvalue weighted by molar-refractivity contribution is 5.94. The van der Waals surface area contributed by atoms with Crippen LogP contribution in [-0.2, 0) is 9.53 Å². The molecule has 0 spiro atoms. The summed E-state index contributed by atoms with van der Waals surface area (Å²) in [6.45, 7) is 6.19. The number of nitrogens with zero attached hydrogens (tertiary/aromatic N) is 1. The Kier molecular flexibility index (Phi) is 5.91. The van der Waals surface area contributed by atoms with Gasteiger partial charge in [0.15, 0.2) is 17.4 Å². The number of hydrogen-bond acceptors (Lipinski definition) is 7. The summed E-state index contributed by atoms with van der Waals surface area (Å²) in [5.41, 5.74) is -1.86. The molecule has 0 bridgehead atoms. The quantitative estimate of drug-likeness (QED) is 0.580. The second-order valence-corrected chi connectivity index (χ2v) is 6.06. The van der Waals surface area contributed by atoms with Crippen LogP contribution in [0, 0.1) is 0 Å². The molecule has 0 fully saturated rings. The van der Waals surface area contributed by atoms with Crippen molar-refractivity contribution in [1.29, 1.82) is 0 Å². The number of nitrogens with one attached hydrogen (secondary N) is 1. The summed E-state index contributed by atoms with van der Waals surface area (Å²) in [6, 6.07) is 0. The maximum Gasteiger partial charge on any atom is 0.345 e. The van der Waals surface area contributed by atoms with E-state index in [1.807, 2.05) is 0 Å². The van der Waals surface area contributed by atoms with Crippen LogP contribution in [-0.4, -0.2) is 44.3 Å². The van der Waals surface area contributed by atoms with Gasteiger partial charge in [0.1, 0.15) is 17.3 Å². The van der Waals surface area contributed by atoms with E-state index < -0.39 is 34.8 Å². The number of aromatic nitrogens is 2. The molecule has 0 amide bonds. The molecule has 1 aromatic rings. The Labute approximate surface area is 132 Å². The molecule has 1 heterocycles. The second kappa shape index (κ2) is 7.28. The summed E-state index contributed by atoms with van der Waals surface area (Å²) >= 11 is 0. The van der Waals surface area contributed by atoms with Crippen molar-refractivity contribution in [2.75, 3.05) is 0 Å². The lowest BCUT2D eigenvalue weighted by atomic mass is 10.1. The van der Waals surface area contributed by atoms with E-state index in [-0.39, 0.29) is 24.2 Å². The topological polar surface area (TPSA) is 126 Å². The molecule has 0 aromatic carbocycles. The zero-order chi connectivity index (χ0) is 17.8. The Morgan fingerprint density at radius 1 is 1.35 bits per heavy atom. The number of rotatable bonds is 6. The Bertz CT molecular complexity index is 671. The van der Waals surface area contributed by atoms with Crippen LogP contribution in [0.15, 0.2) is 11.0 Å². The molecular formula is C15H20N2O6. The third-order valence-corrected chi connectivity index (χ3v) is 2.80. The minimum Gasteiger partial charge on any atom is -0.456 e. The minimum atomic E-state index is -1.23. The van der Waals surface area contributed by atoms with E-state index in [1.165, 1.54) is 6.92 Å². The van der Waals surface area contributed by atoms with Gasteiger partial charge in [0.25, 0.3) is 5.56 Å². The van der Waals surface area contributed by atoms with Gasteiger partial charge in [-0.3, -0.25) is 14.4 Å². The van der Waals surface area contributed by atoms with Crippen LogP contribution in [0.3, 0.4) is 0 Å².